The van der Waals surface area contributed by atoms with Gasteiger partial charge in [-0.1, -0.05) is 40.9 Å². The normalized spacial score (nSPS) is 11.5. The molecule has 0 aromatic heterocycles. The molecular formula is C14H12Cl3NO3S. The van der Waals surface area contributed by atoms with Gasteiger partial charge in [0.2, 0.25) is 10.0 Å². The molecule has 0 saturated heterocycles. The summed E-state index contributed by atoms with van der Waals surface area (Å²) < 4.78 is 32.3. The van der Waals surface area contributed by atoms with Crippen LogP contribution in [0.1, 0.15) is 5.56 Å². The van der Waals surface area contributed by atoms with Gasteiger partial charge in [-0.05, 0) is 35.9 Å². The quantitative estimate of drug-likeness (QED) is 0.848. The summed E-state index contributed by atoms with van der Waals surface area (Å²) in [6.07, 6.45) is 0. The van der Waals surface area contributed by atoms with Crippen LogP contribution in [0.3, 0.4) is 0 Å². The second-order valence-corrected chi connectivity index (χ2v) is 7.37. The van der Waals surface area contributed by atoms with Crippen molar-refractivity contribution in [1.29, 1.82) is 0 Å². The second kappa shape index (κ2) is 7.06. The van der Waals surface area contributed by atoms with E-state index in [4.69, 9.17) is 39.5 Å². The summed E-state index contributed by atoms with van der Waals surface area (Å²) in [5.41, 5.74) is 0.607. The van der Waals surface area contributed by atoms with Crippen LogP contribution in [0.15, 0.2) is 41.3 Å². The number of rotatable bonds is 5. The fourth-order valence-corrected chi connectivity index (χ4v) is 3.69. The van der Waals surface area contributed by atoms with Crippen molar-refractivity contribution in [3.63, 3.8) is 0 Å². The van der Waals surface area contributed by atoms with Crippen molar-refractivity contribution in [3.05, 3.63) is 57.0 Å². The van der Waals surface area contributed by atoms with E-state index in [0.717, 1.165) is 0 Å². The van der Waals surface area contributed by atoms with Gasteiger partial charge < -0.3 is 4.74 Å². The molecule has 0 spiro atoms. The van der Waals surface area contributed by atoms with Crippen LogP contribution in [0.5, 0.6) is 5.75 Å². The maximum atomic E-state index is 12.4. The average molecular weight is 381 g/mol. The van der Waals surface area contributed by atoms with E-state index in [1.165, 1.54) is 19.2 Å². The topological polar surface area (TPSA) is 55.4 Å². The molecule has 22 heavy (non-hydrogen) atoms. The van der Waals surface area contributed by atoms with Crippen molar-refractivity contribution in [2.45, 2.75) is 11.4 Å². The number of sulfonamides is 1. The number of hydrogen-bond acceptors (Lipinski definition) is 3. The first-order valence-corrected chi connectivity index (χ1v) is 8.72. The van der Waals surface area contributed by atoms with Gasteiger partial charge in [-0.3, -0.25) is 0 Å². The Labute approximate surface area is 144 Å². The van der Waals surface area contributed by atoms with E-state index in [0.29, 0.717) is 20.6 Å². The molecule has 0 fully saturated rings. The Hall–Kier alpha value is -0.980. The molecule has 4 nitrogen and oxygen atoms in total. The van der Waals surface area contributed by atoms with Gasteiger partial charge >= 0.3 is 0 Å². The Morgan fingerprint density at radius 1 is 1.05 bits per heavy atom. The maximum Gasteiger partial charge on any atom is 0.244 e. The highest BCUT2D eigenvalue weighted by Crippen LogP contribution is 2.27. The summed E-state index contributed by atoms with van der Waals surface area (Å²) in [6, 6.07) is 9.21. The fourth-order valence-electron chi connectivity index (χ4n) is 1.78. The van der Waals surface area contributed by atoms with E-state index >= 15 is 0 Å². The van der Waals surface area contributed by atoms with Crippen LogP contribution >= 0.6 is 34.8 Å². The van der Waals surface area contributed by atoms with Gasteiger partial charge in [0.05, 0.1) is 7.11 Å². The van der Waals surface area contributed by atoms with Gasteiger partial charge in [-0.25, -0.2) is 13.1 Å². The van der Waals surface area contributed by atoms with Crippen LogP contribution in [-0.4, -0.2) is 15.5 Å². The Balaban J connectivity index is 2.26. The van der Waals surface area contributed by atoms with Crippen molar-refractivity contribution >= 4 is 44.8 Å². The third kappa shape index (κ3) is 4.06. The molecule has 1 N–H and O–H groups in total. The lowest BCUT2D eigenvalue weighted by molar-refractivity contribution is 0.402. The Morgan fingerprint density at radius 2 is 1.68 bits per heavy atom. The van der Waals surface area contributed by atoms with Crippen molar-refractivity contribution in [2.75, 3.05) is 7.11 Å². The monoisotopic (exact) mass is 379 g/mol. The highest BCUT2D eigenvalue weighted by molar-refractivity contribution is 7.89. The molecule has 2 aromatic rings. The lowest BCUT2D eigenvalue weighted by Crippen LogP contribution is -2.24. The first-order valence-electron chi connectivity index (χ1n) is 6.10. The zero-order valence-electron chi connectivity index (χ0n) is 11.4. The van der Waals surface area contributed by atoms with Gasteiger partial charge in [0.25, 0.3) is 0 Å². The van der Waals surface area contributed by atoms with Crippen molar-refractivity contribution < 1.29 is 13.2 Å². The summed E-state index contributed by atoms with van der Waals surface area (Å²) in [7, 11) is -2.41. The van der Waals surface area contributed by atoms with Crippen LogP contribution in [0, 0.1) is 0 Å². The number of methoxy groups -OCH3 is 1. The molecule has 2 aromatic carbocycles. The third-order valence-electron chi connectivity index (χ3n) is 2.88. The standard InChI is InChI=1S/C14H12Cl3NO3S/c1-21-13-5-4-11(16)7-14(13)22(19,20)18-8-9-2-3-10(15)6-12(9)17/h2-7,18H,8H2,1H3. The number of ether oxygens (including phenoxy) is 1. The lowest BCUT2D eigenvalue weighted by atomic mass is 10.2. The molecule has 118 valence electrons. The maximum absolute atomic E-state index is 12.4. The molecule has 0 aliphatic rings. The van der Waals surface area contributed by atoms with E-state index in [1.54, 1.807) is 24.3 Å². The van der Waals surface area contributed by atoms with Gasteiger partial charge in [0.1, 0.15) is 10.6 Å². The van der Waals surface area contributed by atoms with E-state index in [2.05, 4.69) is 4.72 Å². The van der Waals surface area contributed by atoms with E-state index < -0.39 is 10.0 Å². The van der Waals surface area contributed by atoms with Crippen LogP contribution in [0.4, 0.5) is 0 Å². The van der Waals surface area contributed by atoms with Gasteiger partial charge in [-0.15, -0.1) is 0 Å². The Morgan fingerprint density at radius 3 is 2.32 bits per heavy atom. The van der Waals surface area contributed by atoms with E-state index in [9.17, 15) is 8.42 Å². The molecule has 0 radical (unpaired) electrons. The highest BCUT2D eigenvalue weighted by Gasteiger charge is 2.20. The first-order chi connectivity index (χ1) is 10.3. The SMILES string of the molecule is COc1ccc(Cl)cc1S(=O)(=O)NCc1ccc(Cl)cc1Cl. The van der Waals surface area contributed by atoms with Crippen LogP contribution in [-0.2, 0) is 16.6 Å². The highest BCUT2D eigenvalue weighted by atomic mass is 35.5. The lowest BCUT2D eigenvalue weighted by Gasteiger charge is -2.12. The minimum atomic E-state index is -3.80. The Bertz CT molecular complexity index is 794. The van der Waals surface area contributed by atoms with Crippen LogP contribution in [0.2, 0.25) is 15.1 Å². The van der Waals surface area contributed by atoms with Crippen molar-refractivity contribution in [1.82, 2.24) is 4.72 Å². The van der Waals surface area contributed by atoms with Crippen molar-refractivity contribution in [2.24, 2.45) is 0 Å². The van der Waals surface area contributed by atoms with Crippen LogP contribution < -0.4 is 9.46 Å². The number of nitrogens with one attached hydrogen (secondary N) is 1. The largest absolute Gasteiger partial charge is 0.495 e. The summed E-state index contributed by atoms with van der Waals surface area (Å²) in [5.74, 6) is 0.208. The number of benzene rings is 2. The average Bonchev–Trinajstić information content (AvgIpc) is 2.46. The van der Waals surface area contributed by atoms with E-state index in [-0.39, 0.29) is 17.2 Å². The minimum absolute atomic E-state index is 0.0218. The molecule has 0 bridgehead atoms. The van der Waals surface area contributed by atoms with Crippen molar-refractivity contribution in [3.8, 4) is 5.75 Å². The second-order valence-electron chi connectivity index (χ2n) is 4.36. The molecule has 8 heteroatoms. The molecule has 0 unspecified atom stereocenters. The van der Waals surface area contributed by atoms with Crippen LogP contribution in [0.25, 0.3) is 0 Å². The van der Waals surface area contributed by atoms with Gasteiger partial charge in [-0.2, -0.15) is 0 Å². The smallest absolute Gasteiger partial charge is 0.244 e. The Kier molecular flexibility index (Phi) is 5.58. The molecule has 0 atom stereocenters. The summed E-state index contributed by atoms with van der Waals surface area (Å²) in [5, 5.41) is 1.16. The first kappa shape index (κ1) is 17.4. The van der Waals surface area contributed by atoms with Gasteiger partial charge in [0, 0.05) is 21.6 Å². The third-order valence-corrected chi connectivity index (χ3v) is 5.13. The molecule has 0 aliphatic carbocycles. The molecule has 0 amide bonds. The summed E-state index contributed by atoms with van der Waals surface area (Å²) >= 11 is 17.7. The molecule has 2 rings (SSSR count). The fraction of sp³-hybridized carbons (Fsp3) is 0.143. The van der Waals surface area contributed by atoms with E-state index in [1.807, 2.05) is 0 Å². The number of halogens is 3. The summed E-state index contributed by atoms with van der Waals surface area (Å²) in [6.45, 7) is 0.0218. The zero-order valence-corrected chi connectivity index (χ0v) is 14.5. The number of hydrogen-bond donors (Lipinski definition) is 1. The molecule has 0 aliphatic heterocycles. The summed E-state index contributed by atoms with van der Waals surface area (Å²) in [4.78, 5) is -0.0346. The predicted molar refractivity (Wildman–Crippen MR) is 88.5 cm³/mol. The molecule has 0 saturated carbocycles. The zero-order chi connectivity index (χ0) is 16.3. The molecular weight excluding hydrogens is 369 g/mol. The molecule has 0 heterocycles. The minimum Gasteiger partial charge on any atom is -0.495 e. The predicted octanol–water partition coefficient (Wildman–Crippen LogP) is 4.13. The van der Waals surface area contributed by atoms with Gasteiger partial charge in [0.15, 0.2) is 0 Å².